The van der Waals surface area contributed by atoms with Gasteiger partial charge in [0.15, 0.2) is 0 Å². The van der Waals surface area contributed by atoms with Crippen LogP contribution in [0.25, 0.3) is 11.3 Å². The van der Waals surface area contributed by atoms with Crippen molar-refractivity contribution < 1.29 is 0 Å². The van der Waals surface area contributed by atoms with Crippen molar-refractivity contribution in [3.8, 4) is 11.3 Å². The Labute approximate surface area is 103 Å². The van der Waals surface area contributed by atoms with Gasteiger partial charge in [-0.1, -0.05) is 28.1 Å². The average molecular weight is 280 g/mol. The number of hydrogen-bond acceptors (Lipinski definition) is 2. The van der Waals surface area contributed by atoms with E-state index in [1.54, 1.807) is 0 Å². The molecule has 1 aromatic carbocycles. The zero-order chi connectivity index (χ0) is 11.5. The van der Waals surface area contributed by atoms with E-state index in [2.05, 4.69) is 50.3 Å². The number of nitrogens with zero attached hydrogens (tertiary/aromatic N) is 1. The molecule has 1 heterocycles. The molecule has 84 valence electrons. The van der Waals surface area contributed by atoms with Crippen LogP contribution >= 0.6 is 15.9 Å². The summed E-state index contributed by atoms with van der Waals surface area (Å²) >= 11 is 3.42. The first kappa shape index (κ1) is 11.4. The van der Waals surface area contributed by atoms with Gasteiger partial charge in [-0.25, -0.2) is 4.98 Å². The van der Waals surface area contributed by atoms with E-state index in [-0.39, 0.29) is 6.04 Å². The lowest BCUT2D eigenvalue weighted by Gasteiger charge is -2.05. The Morgan fingerprint density at radius 3 is 2.62 bits per heavy atom. The van der Waals surface area contributed by atoms with Gasteiger partial charge in [-0.15, -0.1) is 0 Å². The van der Waals surface area contributed by atoms with Crippen LogP contribution in [0.3, 0.4) is 0 Å². The molecule has 0 aliphatic carbocycles. The average Bonchev–Trinajstić information content (AvgIpc) is 2.78. The summed E-state index contributed by atoms with van der Waals surface area (Å²) in [6, 6.07) is 8.41. The summed E-state index contributed by atoms with van der Waals surface area (Å²) in [5.41, 5.74) is 2.19. The third-order valence-corrected chi connectivity index (χ3v) is 3.12. The quantitative estimate of drug-likeness (QED) is 0.907. The van der Waals surface area contributed by atoms with Gasteiger partial charge in [-0.3, -0.25) is 0 Å². The van der Waals surface area contributed by atoms with Crippen LogP contribution in [0.4, 0.5) is 0 Å². The highest BCUT2D eigenvalue weighted by Crippen LogP contribution is 2.21. The van der Waals surface area contributed by atoms with Crippen molar-refractivity contribution in [3.63, 3.8) is 0 Å². The third kappa shape index (κ3) is 2.33. The molecular weight excluding hydrogens is 266 g/mol. The summed E-state index contributed by atoms with van der Waals surface area (Å²) in [4.78, 5) is 7.67. The van der Waals surface area contributed by atoms with E-state index in [9.17, 15) is 0 Å². The van der Waals surface area contributed by atoms with Crippen LogP contribution in [-0.4, -0.2) is 17.0 Å². The van der Waals surface area contributed by atoms with E-state index < -0.39 is 0 Å². The van der Waals surface area contributed by atoms with Crippen LogP contribution in [0.5, 0.6) is 0 Å². The second-order valence-corrected chi connectivity index (χ2v) is 4.62. The zero-order valence-corrected chi connectivity index (χ0v) is 10.9. The molecule has 0 saturated carbocycles. The number of H-pyrrole nitrogens is 1. The fourth-order valence-corrected chi connectivity index (χ4v) is 1.73. The Morgan fingerprint density at radius 2 is 2.00 bits per heavy atom. The Hall–Kier alpha value is -1.13. The molecular formula is C12H14BrN3. The van der Waals surface area contributed by atoms with Gasteiger partial charge in [0.2, 0.25) is 0 Å². The fraction of sp³-hybridized carbons (Fsp3) is 0.250. The van der Waals surface area contributed by atoms with Gasteiger partial charge in [-0.05, 0) is 31.7 Å². The summed E-state index contributed by atoms with van der Waals surface area (Å²) in [6.07, 6.45) is 1.87. The SMILES string of the molecule is CNC(C)c1ncc(-c2ccc(Br)cc2)[nH]1. The Bertz CT molecular complexity index is 461. The van der Waals surface area contributed by atoms with Gasteiger partial charge in [0.1, 0.15) is 5.82 Å². The molecule has 0 spiro atoms. The molecule has 0 amide bonds. The van der Waals surface area contributed by atoms with E-state index >= 15 is 0 Å². The normalized spacial score (nSPS) is 12.7. The number of hydrogen-bond donors (Lipinski definition) is 2. The highest BCUT2D eigenvalue weighted by molar-refractivity contribution is 9.10. The summed E-state index contributed by atoms with van der Waals surface area (Å²) in [6.45, 7) is 2.07. The largest absolute Gasteiger partial charge is 0.341 e. The molecule has 3 nitrogen and oxygen atoms in total. The highest BCUT2D eigenvalue weighted by atomic mass is 79.9. The number of benzene rings is 1. The molecule has 2 aromatic rings. The summed E-state index contributed by atoms with van der Waals surface area (Å²) in [5, 5.41) is 3.15. The van der Waals surface area contributed by atoms with Crippen molar-refractivity contribution in [2.75, 3.05) is 7.05 Å². The molecule has 0 radical (unpaired) electrons. The van der Waals surface area contributed by atoms with Crippen LogP contribution in [0.2, 0.25) is 0 Å². The van der Waals surface area contributed by atoms with Gasteiger partial charge < -0.3 is 10.3 Å². The van der Waals surface area contributed by atoms with Crippen LogP contribution < -0.4 is 5.32 Å². The molecule has 2 N–H and O–H groups in total. The third-order valence-electron chi connectivity index (χ3n) is 2.59. The molecule has 4 heteroatoms. The van der Waals surface area contributed by atoms with Crippen LogP contribution in [0.15, 0.2) is 34.9 Å². The summed E-state index contributed by atoms with van der Waals surface area (Å²) in [5.74, 6) is 0.959. The van der Waals surface area contributed by atoms with E-state index in [1.807, 2.05) is 25.4 Å². The first-order chi connectivity index (χ1) is 7.70. The molecule has 1 aromatic heterocycles. The summed E-state index contributed by atoms with van der Waals surface area (Å²) in [7, 11) is 1.92. The van der Waals surface area contributed by atoms with Crippen molar-refractivity contribution in [1.29, 1.82) is 0 Å². The van der Waals surface area contributed by atoms with Gasteiger partial charge in [-0.2, -0.15) is 0 Å². The topological polar surface area (TPSA) is 40.7 Å². The first-order valence-electron chi connectivity index (χ1n) is 5.19. The molecule has 0 fully saturated rings. The van der Waals surface area contributed by atoms with Crippen molar-refractivity contribution in [2.45, 2.75) is 13.0 Å². The number of halogens is 1. The zero-order valence-electron chi connectivity index (χ0n) is 9.29. The lowest BCUT2D eigenvalue weighted by atomic mass is 10.2. The van der Waals surface area contributed by atoms with Crippen LogP contribution in [-0.2, 0) is 0 Å². The number of aromatic nitrogens is 2. The predicted molar refractivity (Wildman–Crippen MR) is 69.2 cm³/mol. The van der Waals surface area contributed by atoms with E-state index in [0.717, 1.165) is 21.6 Å². The maximum Gasteiger partial charge on any atom is 0.123 e. The molecule has 0 bridgehead atoms. The van der Waals surface area contributed by atoms with Crippen molar-refractivity contribution in [3.05, 3.63) is 40.8 Å². The minimum atomic E-state index is 0.240. The Morgan fingerprint density at radius 1 is 1.31 bits per heavy atom. The molecule has 2 rings (SSSR count). The number of rotatable bonds is 3. The van der Waals surface area contributed by atoms with E-state index in [0.29, 0.717) is 0 Å². The Balaban J connectivity index is 2.28. The van der Waals surface area contributed by atoms with E-state index in [1.165, 1.54) is 0 Å². The van der Waals surface area contributed by atoms with Crippen molar-refractivity contribution in [2.24, 2.45) is 0 Å². The van der Waals surface area contributed by atoms with Crippen molar-refractivity contribution >= 4 is 15.9 Å². The smallest absolute Gasteiger partial charge is 0.123 e. The standard InChI is InChI=1S/C12H14BrN3/c1-8(14-2)12-15-7-11(16-12)9-3-5-10(13)6-4-9/h3-8,14H,1-2H3,(H,15,16). The molecule has 0 saturated heterocycles. The number of imidazole rings is 1. The van der Waals surface area contributed by atoms with Crippen LogP contribution in [0, 0.1) is 0 Å². The molecule has 1 unspecified atom stereocenters. The maximum atomic E-state index is 4.36. The molecule has 0 aliphatic heterocycles. The van der Waals surface area contributed by atoms with Gasteiger partial charge in [0.25, 0.3) is 0 Å². The van der Waals surface area contributed by atoms with Gasteiger partial charge in [0.05, 0.1) is 17.9 Å². The lowest BCUT2D eigenvalue weighted by Crippen LogP contribution is -2.13. The van der Waals surface area contributed by atoms with Crippen molar-refractivity contribution in [1.82, 2.24) is 15.3 Å². The fourth-order valence-electron chi connectivity index (χ4n) is 1.47. The minimum absolute atomic E-state index is 0.240. The van der Waals surface area contributed by atoms with Gasteiger partial charge in [0, 0.05) is 4.47 Å². The lowest BCUT2D eigenvalue weighted by molar-refractivity contribution is 0.618. The molecule has 1 atom stereocenters. The monoisotopic (exact) mass is 279 g/mol. The minimum Gasteiger partial charge on any atom is -0.341 e. The predicted octanol–water partition coefficient (Wildman–Crippen LogP) is 3.12. The number of aromatic amines is 1. The number of nitrogens with one attached hydrogen (secondary N) is 2. The second-order valence-electron chi connectivity index (χ2n) is 3.70. The molecule has 16 heavy (non-hydrogen) atoms. The Kier molecular flexibility index (Phi) is 3.41. The highest BCUT2D eigenvalue weighted by Gasteiger charge is 2.07. The maximum absolute atomic E-state index is 4.36. The summed E-state index contributed by atoms with van der Waals surface area (Å²) < 4.78 is 1.08. The molecule has 0 aliphatic rings. The van der Waals surface area contributed by atoms with Gasteiger partial charge >= 0.3 is 0 Å². The van der Waals surface area contributed by atoms with E-state index in [4.69, 9.17) is 0 Å². The second kappa shape index (κ2) is 4.80. The first-order valence-corrected chi connectivity index (χ1v) is 5.98. The van der Waals surface area contributed by atoms with Crippen LogP contribution in [0.1, 0.15) is 18.8 Å².